The number of carbonyl (C=O) groups is 1. The molecule has 0 saturated carbocycles. The molecule has 1 rings (SSSR count). The van der Waals surface area contributed by atoms with Gasteiger partial charge < -0.3 is 10.0 Å². The third kappa shape index (κ3) is 4.41. The van der Waals surface area contributed by atoms with E-state index < -0.39 is 5.97 Å². The van der Waals surface area contributed by atoms with E-state index in [-0.39, 0.29) is 5.75 Å². The highest BCUT2D eigenvalue weighted by Crippen LogP contribution is 2.22. The first kappa shape index (κ1) is 15.8. The summed E-state index contributed by atoms with van der Waals surface area (Å²) in [5.41, 5.74) is 0. The highest BCUT2D eigenvalue weighted by Gasteiger charge is 2.18. The Morgan fingerprint density at radius 3 is 2.58 bits per heavy atom. The summed E-state index contributed by atoms with van der Waals surface area (Å²) in [4.78, 5) is 12.6. The molecule has 0 fully saturated rings. The third-order valence-corrected chi connectivity index (χ3v) is 3.93. The lowest BCUT2D eigenvalue weighted by atomic mass is 10.0. The molecule has 7 heteroatoms. The molecule has 1 unspecified atom stereocenters. The highest BCUT2D eigenvalue weighted by molar-refractivity contribution is 7.99. The number of thioether (sulfide) groups is 1. The number of hydrogen-bond donors (Lipinski definition) is 1. The fraction of sp³-hybridized carbons (Fsp3) is 0.750. The molecule has 1 aromatic heterocycles. The molecule has 0 aliphatic rings. The number of aromatic nitrogens is 3. The summed E-state index contributed by atoms with van der Waals surface area (Å²) in [5.74, 6) is 0.528. The second kappa shape index (κ2) is 6.79. The molecule has 1 aromatic rings. The largest absolute Gasteiger partial charge is 0.481 e. The molecule has 1 atom stereocenters. The minimum Gasteiger partial charge on any atom is -0.481 e. The Morgan fingerprint density at radius 1 is 1.42 bits per heavy atom. The number of hydrogen-bond acceptors (Lipinski definition) is 5. The molecule has 0 aliphatic carbocycles. The average molecular weight is 286 g/mol. The molecule has 0 aliphatic heterocycles. The first-order chi connectivity index (χ1) is 8.82. The van der Waals surface area contributed by atoms with E-state index in [0.29, 0.717) is 17.1 Å². The van der Waals surface area contributed by atoms with Crippen LogP contribution in [0, 0.1) is 5.92 Å². The summed E-state index contributed by atoms with van der Waals surface area (Å²) in [6, 6.07) is 0.361. The van der Waals surface area contributed by atoms with Gasteiger partial charge in [-0.1, -0.05) is 25.6 Å². The van der Waals surface area contributed by atoms with Crippen molar-refractivity contribution in [3.05, 3.63) is 0 Å². The van der Waals surface area contributed by atoms with Crippen molar-refractivity contribution >= 4 is 23.7 Å². The van der Waals surface area contributed by atoms with E-state index in [4.69, 9.17) is 5.11 Å². The average Bonchev–Trinajstić information content (AvgIpc) is 2.66. The maximum atomic E-state index is 10.6. The predicted octanol–water partition coefficient (Wildman–Crippen LogP) is 1.86. The van der Waals surface area contributed by atoms with Crippen molar-refractivity contribution < 1.29 is 9.90 Å². The normalized spacial score (nSPS) is 12.7. The summed E-state index contributed by atoms with van der Waals surface area (Å²) >= 11 is 1.18. The number of anilines is 1. The van der Waals surface area contributed by atoms with Gasteiger partial charge in [0.1, 0.15) is 0 Å². The zero-order valence-corrected chi connectivity index (χ0v) is 12.9. The second-order valence-electron chi connectivity index (χ2n) is 5.11. The van der Waals surface area contributed by atoms with Crippen LogP contribution in [0.15, 0.2) is 5.16 Å². The molecule has 0 aromatic carbocycles. The van der Waals surface area contributed by atoms with Crippen LogP contribution in [0.25, 0.3) is 0 Å². The quantitative estimate of drug-likeness (QED) is 0.771. The zero-order valence-electron chi connectivity index (χ0n) is 12.1. The molecule has 0 spiro atoms. The molecule has 0 bridgehead atoms. The Morgan fingerprint density at radius 2 is 2.05 bits per heavy atom. The fourth-order valence-electron chi connectivity index (χ4n) is 1.90. The maximum Gasteiger partial charge on any atom is 0.313 e. The lowest BCUT2D eigenvalue weighted by molar-refractivity contribution is -0.133. The Bertz CT molecular complexity index is 433. The van der Waals surface area contributed by atoms with E-state index in [9.17, 15) is 4.79 Å². The van der Waals surface area contributed by atoms with Gasteiger partial charge in [-0.15, -0.1) is 10.2 Å². The molecule has 1 heterocycles. The van der Waals surface area contributed by atoms with Crippen molar-refractivity contribution in [2.45, 2.75) is 38.4 Å². The van der Waals surface area contributed by atoms with E-state index in [2.05, 4.69) is 35.9 Å². The van der Waals surface area contributed by atoms with Gasteiger partial charge in [0.15, 0.2) is 5.16 Å². The first-order valence-electron chi connectivity index (χ1n) is 6.29. The van der Waals surface area contributed by atoms with E-state index >= 15 is 0 Å². The van der Waals surface area contributed by atoms with Gasteiger partial charge in [-0.2, -0.15) is 0 Å². The van der Waals surface area contributed by atoms with E-state index in [1.54, 1.807) is 0 Å². The minimum atomic E-state index is -0.851. The van der Waals surface area contributed by atoms with Crippen LogP contribution in [0.4, 0.5) is 5.95 Å². The number of carboxylic acid groups (broad SMARTS) is 1. The molecule has 0 radical (unpaired) electrons. The van der Waals surface area contributed by atoms with Crippen LogP contribution < -0.4 is 4.90 Å². The van der Waals surface area contributed by atoms with Crippen LogP contribution in [-0.2, 0) is 11.8 Å². The molecule has 0 amide bonds. The monoisotopic (exact) mass is 286 g/mol. The van der Waals surface area contributed by atoms with E-state index in [1.165, 1.54) is 11.8 Å². The standard InChI is InChI=1S/C12H22N4O2S/c1-8(2)6-9(3)15(4)11-13-14-12(16(11)5)19-7-10(17)18/h8-9H,6-7H2,1-5H3,(H,17,18). The van der Waals surface area contributed by atoms with Crippen LogP contribution in [0.1, 0.15) is 27.2 Å². The SMILES string of the molecule is CC(C)CC(C)N(C)c1nnc(SCC(=O)O)n1C. The minimum absolute atomic E-state index is 0.00274. The summed E-state index contributed by atoms with van der Waals surface area (Å²) < 4.78 is 1.84. The topological polar surface area (TPSA) is 71.2 Å². The number of aliphatic carboxylic acids is 1. The van der Waals surface area contributed by atoms with Crippen molar-refractivity contribution in [1.29, 1.82) is 0 Å². The Kier molecular flexibility index (Phi) is 5.65. The van der Waals surface area contributed by atoms with Crippen LogP contribution >= 0.6 is 11.8 Å². The lowest BCUT2D eigenvalue weighted by Gasteiger charge is -2.26. The summed E-state index contributed by atoms with van der Waals surface area (Å²) in [6.07, 6.45) is 1.07. The Hall–Kier alpha value is -1.24. The van der Waals surface area contributed by atoms with Crippen molar-refractivity contribution in [2.75, 3.05) is 17.7 Å². The lowest BCUT2D eigenvalue weighted by Crippen LogP contribution is -2.32. The third-order valence-electron chi connectivity index (χ3n) is 2.93. The zero-order chi connectivity index (χ0) is 14.6. The van der Waals surface area contributed by atoms with E-state index in [0.717, 1.165) is 12.4 Å². The molecule has 0 saturated heterocycles. The smallest absolute Gasteiger partial charge is 0.313 e. The van der Waals surface area contributed by atoms with Gasteiger partial charge in [-0.3, -0.25) is 9.36 Å². The van der Waals surface area contributed by atoms with Crippen LogP contribution in [0.5, 0.6) is 0 Å². The van der Waals surface area contributed by atoms with Gasteiger partial charge in [0.05, 0.1) is 5.75 Å². The highest BCUT2D eigenvalue weighted by atomic mass is 32.2. The summed E-state index contributed by atoms with van der Waals surface area (Å²) in [5, 5.41) is 17.5. The summed E-state index contributed by atoms with van der Waals surface area (Å²) in [6.45, 7) is 6.53. The van der Waals surface area contributed by atoms with E-state index in [1.807, 2.05) is 18.7 Å². The molecular formula is C12H22N4O2S. The summed E-state index contributed by atoms with van der Waals surface area (Å²) in [7, 11) is 3.85. The first-order valence-corrected chi connectivity index (χ1v) is 7.28. The molecular weight excluding hydrogens is 264 g/mol. The molecule has 6 nitrogen and oxygen atoms in total. The van der Waals surface area contributed by atoms with Gasteiger partial charge in [-0.25, -0.2) is 0 Å². The van der Waals surface area contributed by atoms with Gasteiger partial charge in [0, 0.05) is 20.1 Å². The Balaban J connectivity index is 2.76. The van der Waals surface area contributed by atoms with Crippen LogP contribution in [0.2, 0.25) is 0 Å². The van der Waals surface area contributed by atoms with Crippen molar-refractivity contribution in [3.8, 4) is 0 Å². The second-order valence-corrected chi connectivity index (χ2v) is 6.06. The van der Waals surface area contributed by atoms with Gasteiger partial charge in [0.25, 0.3) is 0 Å². The number of rotatable bonds is 7. The van der Waals surface area contributed by atoms with Gasteiger partial charge >= 0.3 is 5.97 Å². The van der Waals surface area contributed by atoms with Gasteiger partial charge in [-0.05, 0) is 19.3 Å². The van der Waals surface area contributed by atoms with Crippen molar-refractivity contribution in [2.24, 2.45) is 13.0 Å². The number of carboxylic acids is 1. The molecule has 108 valence electrons. The van der Waals surface area contributed by atoms with Crippen molar-refractivity contribution in [3.63, 3.8) is 0 Å². The Labute approximate surface area is 118 Å². The predicted molar refractivity (Wildman–Crippen MR) is 76.7 cm³/mol. The fourth-order valence-corrected chi connectivity index (χ4v) is 2.53. The van der Waals surface area contributed by atoms with Crippen molar-refractivity contribution in [1.82, 2.24) is 14.8 Å². The van der Waals surface area contributed by atoms with Crippen LogP contribution in [0.3, 0.4) is 0 Å². The van der Waals surface area contributed by atoms with Crippen LogP contribution in [-0.4, -0.2) is 44.7 Å². The number of nitrogens with zero attached hydrogens (tertiary/aromatic N) is 4. The maximum absolute atomic E-state index is 10.6. The molecule has 1 N–H and O–H groups in total. The molecule has 19 heavy (non-hydrogen) atoms. The van der Waals surface area contributed by atoms with Gasteiger partial charge in [0.2, 0.25) is 5.95 Å².